The number of carbonyl (C=O) groups excluding carboxylic acids is 1. The molecule has 0 saturated carbocycles. The van der Waals surface area contributed by atoms with E-state index in [1.165, 1.54) is 5.56 Å². The lowest BCUT2D eigenvalue weighted by Gasteiger charge is -2.24. The third-order valence-electron chi connectivity index (χ3n) is 4.35. The Balaban J connectivity index is 1.64. The number of sulfone groups is 1. The van der Waals surface area contributed by atoms with E-state index in [0.29, 0.717) is 12.8 Å². The van der Waals surface area contributed by atoms with Gasteiger partial charge in [0, 0.05) is 6.04 Å². The fourth-order valence-electron chi connectivity index (χ4n) is 3.17. The summed E-state index contributed by atoms with van der Waals surface area (Å²) in [5, 5.41) is 3.04. The van der Waals surface area contributed by atoms with Crippen LogP contribution < -0.4 is 5.32 Å². The Bertz CT molecular complexity index is 610. The van der Waals surface area contributed by atoms with Crippen LogP contribution in [-0.4, -0.2) is 31.9 Å². The van der Waals surface area contributed by atoms with E-state index >= 15 is 0 Å². The lowest BCUT2D eigenvalue weighted by Crippen LogP contribution is -2.42. The summed E-state index contributed by atoms with van der Waals surface area (Å²) in [4.78, 5) is 12.4. The summed E-state index contributed by atoms with van der Waals surface area (Å²) in [7, 11) is -2.87. The van der Waals surface area contributed by atoms with Gasteiger partial charge in [0.05, 0.1) is 17.4 Å². The van der Waals surface area contributed by atoms with E-state index in [1.807, 2.05) is 18.2 Å². The molecule has 3 rings (SSSR count). The van der Waals surface area contributed by atoms with Crippen LogP contribution in [0.25, 0.3) is 0 Å². The molecule has 0 aromatic heterocycles. The van der Waals surface area contributed by atoms with Crippen molar-refractivity contribution in [2.24, 2.45) is 0 Å². The van der Waals surface area contributed by atoms with Gasteiger partial charge < -0.3 is 5.32 Å². The van der Waals surface area contributed by atoms with E-state index in [1.54, 1.807) is 0 Å². The Morgan fingerprint density at radius 1 is 1.10 bits per heavy atom. The van der Waals surface area contributed by atoms with Gasteiger partial charge >= 0.3 is 0 Å². The number of hydrogen-bond donors (Lipinski definition) is 1. The first kappa shape index (κ1) is 13.6. The van der Waals surface area contributed by atoms with E-state index < -0.39 is 9.84 Å². The quantitative estimate of drug-likeness (QED) is 0.896. The normalized spacial score (nSPS) is 25.1. The van der Waals surface area contributed by atoms with E-state index in [4.69, 9.17) is 0 Å². The Labute approximate surface area is 119 Å². The van der Waals surface area contributed by atoms with Crippen LogP contribution in [0.3, 0.4) is 0 Å². The van der Waals surface area contributed by atoms with Crippen LogP contribution in [-0.2, 0) is 21.1 Å². The molecule has 0 bridgehead atoms. The van der Waals surface area contributed by atoms with E-state index in [-0.39, 0.29) is 29.4 Å². The Kier molecular flexibility index (Phi) is 3.54. The van der Waals surface area contributed by atoms with Crippen molar-refractivity contribution in [3.05, 3.63) is 35.4 Å². The molecular formula is C15H19NO3S. The van der Waals surface area contributed by atoms with Gasteiger partial charge in [-0.25, -0.2) is 8.42 Å². The predicted octanol–water partition coefficient (Wildman–Crippen LogP) is 1.41. The van der Waals surface area contributed by atoms with Gasteiger partial charge in [0.1, 0.15) is 9.84 Å². The number of carbonyl (C=O) groups is 1. The van der Waals surface area contributed by atoms with Crippen molar-refractivity contribution < 1.29 is 13.2 Å². The van der Waals surface area contributed by atoms with Crippen LogP contribution in [0.4, 0.5) is 0 Å². The molecule has 1 aromatic rings. The Hall–Kier alpha value is -1.36. The zero-order chi connectivity index (χ0) is 14.2. The molecule has 1 aromatic carbocycles. The highest BCUT2D eigenvalue weighted by molar-refractivity contribution is 7.91. The predicted molar refractivity (Wildman–Crippen MR) is 77.3 cm³/mol. The molecule has 1 aliphatic heterocycles. The molecule has 1 amide bonds. The minimum absolute atomic E-state index is 0.0128. The fraction of sp³-hybridized carbons (Fsp3) is 0.533. The molecule has 1 N–H and O–H groups in total. The van der Waals surface area contributed by atoms with Gasteiger partial charge in [-0.05, 0) is 36.8 Å². The van der Waals surface area contributed by atoms with Crippen LogP contribution >= 0.6 is 0 Å². The van der Waals surface area contributed by atoms with Gasteiger partial charge in [-0.1, -0.05) is 24.3 Å². The van der Waals surface area contributed by atoms with Crippen molar-refractivity contribution >= 4 is 15.7 Å². The molecule has 1 atom stereocenters. The number of aryl methyl sites for hydroxylation is 1. The summed E-state index contributed by atoms with van der Waals surface area (Å²) in [6, 6.07) is 8.09. The molecule has 1 aliphatic carbocycles. The van der Waals surface area contributed by atoms with Crippen molar-refractivity contribution in [2.45, 2.75) is 37.6 Å². The number of hydrogen-bond acceptors (Lipinski definition) is 3. The standard InChI is InChI=1S/C15H19NO3S/c17-15(16-12-7-9-20(18,19)10-8-12)14-6-5-11-3-1-2-4-13(11)14/h1-4,12,14H,5-10H2,(H,16,17). The smallest absolute Gasteiger partial charge is 0.227 e. The van der Waals surface area contributed by atoms with Crippen LogP contribution in [0.15, 0.2) is 24.3 Å². The third-order valence-corrected chi connectivity index (χ3v) is 6.07. The maximum Gasteiger partial charge on any atom is 0.227 e. The highest BCUT2D eigenvalue weighted by Crippen LogP contribution is 2.33. The first-order valence-electron chi connectivity index (χ1n) is 7.14. The maximum absolute atomic E-state index is 12.4. The second kappa shape index (κ2) is 5.20. The highest BCUT2D eigenvalue weighted by atomic mass is 32.2. The molecule has 5 heteroatoms. The molecule has 1 unspecified atom stereocenters. The molecule has 4 nitrogen and oxygen atoms in total. The van der Waals surface area contributed by atoms with Crippen molar-refractivity contribution in [1.82, 2.24) is 5.32 Å². The fourth-order valence-corrected chi connectivity index (χ4v) is 4.66. The van der Waals surface area contributed by atoms with Gasteiger partial charge in [-0.2, -0.15) is 0 Å². The van der Waals surface area contributed by atoms with Crippen LogP contribution in [0.1, 0.15) is 36.3 Å². The number of rotatable bonds is 2. The molecule has 1 saturated heterocycles. The monoisotopic (exact) mass is 293 g/mol. The minimum atomic E-state index is -2.87. The summed E-state index contributed by atoms with van der Waals surface area (Å²) >= 11 is 0. The Morgan fingerprint density at radius 3 is 2.55 bits per heavy atom. The summed E-state index contributed by atoms with van der Waals surface area (Å²) in [6.45, 7) is 0. The van der Waals surface area contributed by atoms with Crippen molar-refractivity contribution in [1.29, 1.82) is 0 Å². The summed E-state index contributed by atoms with van der Waals surface area (Å²) in [5.41, 5.74) is 2.40. The average Bonchev–Trinajstić information content (AvgIpc) is 2.85. The Morgan fingerprint density at radius 2 is 1.80 bits per heavy atom. The molecule has 1 heterocycles. The van der Waals surface area contributed by atoms with Crippen molar-refractivity contribution in [2.75, 3.05) is 11.5 Å². The van der Waals surface area contributed by atoms with E-state index in [0.717, 1.165) is 18.4 Å². The topological polar surface area (TPSA) is 63.2 Å². The lowest BCUT2D eigenvalue weighted by molar-refractivity contribution is -0.123. The van der Waals surface area contributed by atoms with Gasteiger partial charge in [0.25, 0.3) is 0 Å². The molecule has 0 spiro atoms. The molecule has 20 heavy (non-hydrogen) atoms. The molecular weight excluding hydrogens is 274 g/mol. The number of amides is 1. The summed E-state index contributed by atoms with van der Waals surface area (Å²) in [5.74, 6) is 0.377. The van der Waals surface area contributed by atoms with Gasteiger partial charge in [0.2, 0.25) is 5.91 Å². The highest BCUT2D eigenvalue weighted by Gasteiger charge is 2.31. The van der Waals surface area contributed by atoms with Crippen LogP contribution in [0.2, 0.25) is 0 Å². The lowest BCUT2D eigenvalue weighted by atomic mass is 9.99. The zero-order valence-electron chi connectivity index (χ0n) is 11.3. The minimum Gasteiger partial charge on any atom is -0.353 e. The first-order valence-corrected chi connectivity index (χ1v) is 8.96. The number of nitrogens with one attached hydrogen (secondary N) is 1. The van der Waals surface area contributed by atoms with Gasteiger partial charge in [-0.15, -0.1) is 0 Å². The van der Waals surface area contributed by atoms with Crippen LogP contribution in [0.5, 0.6) is 0 Å². The average molecular weight is 293 g/mol. The third kappa shape index (κ3) is 2.73. The zero-order valence-corrected chi connectivity index (χ0v) is 12.2. The van der Waals surface area contributed by atoms with Crippen molar-refractivity contribution in [3.63, 3.8) is 0 Å². The largest absolute Gasteiger partial charge is 0.353 e. The van der Waals surface area contributed by atoms with E-state index in [9.17, 15) is 13.2 Å². The van der Waals surface area contributed by atoms with Crippen LogP contribution in [0, 0.1) is 0 Å². The molecule has 108 valence electrons. The first-order chi connectivity index (χ1) is 9.55. The van der Waals surface area contributed by atoms with Gasteiger partial charge in [0.15, 0.2) is 0 Å². The second-order valence-electron chi connectivity index (χ2n) is 5.72. The molecule has 1 fully saturated rings. The number of fused-ring (bicyclic) bond motifs is 1. The summed E-state index contributed by atoms with van der Waals surface area (Å²) in [6.07, 6.45) is 2.90. The summed E-state index contributed by atoms with van der Waals surface area (Å²) < 4.78 is 22.8. The van der Waals surface area contributed by atoms with E-state index in [2.05, 4.69) is 11.4 Å². The molecule has 2 aliphatic rings. The van der Waals surface area contributed by atoms with Gasteiger partial charge in [-0.3, -0.25) is 4.79 Å². The molecule has 0 radical (unpaired) electrons. The SMILES string of the molecule is O=C(NC1CCS(=O)(=O)CC1)C1CCc2ccccc21. The second-order valence-corrected chi connectivity index (χ2v) is 8.03. The number of benzene rings is 1. The van der Waals surface area contributed by atoms with Crippen molar-refractivity contribution in [3.8, 4) is 0 Å². The maximum atomic E-state index is 12.4.